The van der Waals surface area contributed by atoms with E-state index in [0.717, 1.165) is 16.7 Å². The van der Waals surface area contributed by atoms with Crippen LogP contribution in [0.2, 0.25) is 0 Å². The van der Waals surface area contributed by atoms with Crippen molar-refractivity contribution < 1.29 is 9.90 Å². The van der Waals surface area contributed by atoms with Crippen molar-refractivity contribution in [2.75, 3.05) is 0 Å². The Morgan fingerprint density at radius 1 is 0.762 bits per heavy atom. The number of aromatic carboxylic acids is 1. The van der Waals surface area contributed by atoms with Gasteiger partial charge in [0.25, 0.3) is 0 Å². The maximum Gasteiger partial charge on any atom is 0.355 e. The van der Waals surface area contributed by atoms with Gasteiger partial charge in [0.05, 0.1) is 0 Å². The van der Waals surface area contributed by atoms with Gasteiger partial charge < -0.3 is 5.11 Å². The molecular weight excluding hydrogens is 262 g/mol. The predicted octanol–water partition coefficient (Wildman–Crippen LogP) is 4.11. The number of carboxylic acid groups (broad SMARTS) is 1. The van der Waals surface area contributed by atoms with E-state index in [0.29, 0.717) is 5.56 Å². The van der Waals surface area contributed by atoms with E-state index >= 15 is 0 Å². The van der Waals surface area contributed by atoms with Crippen LogP contribution in [0.3, 0.4) is 0 Å². The Labute approximate surface area is 122 Å². The van der Waals surface area contributed by atoms with Crippen LogP contribution < -0.4 is 0 Å². The molecule has 0 aliphatic heterocycles. The number of carboxylic acids is 1. The molecule has 3 rings (SSSR count). The molecule has 102 valence electrons. The summed E-state index contributed by atoms with van der Waals surface area (Å²) in [5, 5.41) is 9.33. The highest BCUT2D eigenvalue weighted by Gasteiger charge is 2.15. The highest BCUT2D eigenvalue weighted by atomic mass is 16.4. The molecule has 0 aliphatic rings. The summed E-state index contributed by atoms with van der Waals surface area (Å²) >= 11 is 0. The first-order valence-electron chi connectivity index (χ1n) is 6.60. The van der Waals surface area contributed by atoms with Gasteiger partial charge in [0.15, 0.2) is 5.69 Å². The molecule has 0 spiro atoms. The second-order valence-corrected chi connectivity index (χ2v) is 4.62. The van der Waals surface area contributed by atoms with Crippen LogP contribution in [0, 0.1) is 0 Å². The van der Waals surface area contributed by atoms with Crippen molar-refractivity contribution in [3.8, 4) is 22.3 Å². The minimum absolute atomic E-state index is 0.0703. The Morgan fingerprint density at radius 3 is 2.10 bits per heavy atom. The zero-order valence-corrected chi connectivity index (χ0v) is 11.2. The minimum atomic E-state index is -1.02. The third-order valence-corrected chi connectivity index (χ3v) is 3.31. The highest BCUT2D eigenvalue weighted by Crippen LogP contribution is 2.33. The van der Waals surface area contributed by atoms with Crippen molar-refractivity contribution in [2.45, 2.75) is 0 Å². The lowest BCUT2D eigenvalue weighted by molar-refractivity contribution is 0.0691. The van der Waals surface area contributed by atoms with Gasteiger partial charge >= 0.3 is 5.97 Å². The van der Waals surface area contributed by atoms with Crippen molar-refractivity contribution in [3.05, 3.63) is 78.6 Å². The summed E-state index contributed by atoms with van der Waals surface area (Å²) in [6.45, 7) is 0. The van der Waals surface area contributed by atoms with Gasteiger partial charge in [-0.05, 0) is 22.8 Å². The molecule has 1 heterocycles. The van der Waals surface area contributed by atoms with Crippen LogP contribution in [0.1, 0.15) is 10.5 Å². The number of rotatable bonds is 3. The number of aromatic nitrogens is 1. The topological polar surface area (TPSA) is 50.2 Å². The van der Waals surface area contributed by atoms with E-state index in [1.54, 1.807) is 12.1 Å². The van der Waals surface area contributed by atoms with Crippen LogP contribution in [0.15, 0.2) is 72.9 Å². The van der Waals surface area contributed by atoms with Crippen molar-refractivity contribution >= 4 is 5.97 Å². The smallest absolute Gasteiger partial charge is 0.355 e. The summed E-state index contributed by atoms with van der Waals surface area (Å²) in [7, 11) is 0. The number of nitrogens with zero attached hydrogens (tertiary/aromatic N) is 1. The summed E-state index contributed by atoms with van der Waals surface area (Å²) in [6.07, 6.45) is 1.50. The largest absolute Gasteiger partial charge is 0.476 e. The average Bonchev–Trinajstić information content (AvgIpc) is 2.55. The lowest BCUT2D eigenvalue weighted by Gasteiger charge is -2.11. The number of pyridine rings is 1. The summed E-state index contributed by atoms with van der Waals surface area (Å²) in [5.74, 6) is -1.02. The molecule has 2 aromatic carbocycles. The standard InChI is InChI=1S/C18H13NO2/c20-18(21)17-16(11-6-12-19-17)15-10-5-4-9-14(15)13-7-2-1-3-8-13/h1-12H,(H,20,21). The predicted molar refractivity (Wildman–Crippen MR) is 82.1 cm³/mol. The van der Waals surface area contributed by atoms with E-state index in [1.807, 2.05) is 54.6 Å². The van der Waals surface area contributed by atoms with E-state index in [4.69, 9.17) is 0 Å². The molecule has 0 fully saturated rings. The van der Waals surface area contributed by atoms with Crippen molar-refractivity contribution in [1.82, 2.24) is 4.98 Å². The van der Waals surface area contributed by atoms with E-state index in [2.05, 4.69) is 4.98 Å². The summed E-state index contributed by atoms with van der Waals surface area (Å²) < 4.78 is 0. The minimum Gasteiger partial charge on any atom is -0.476 e. The number of benzene rings is 2. The Hall–Kier alpha value is -2.94. The van der Waals surface area contributed by atoms with Gasteiger partial charge in [-0.2, -0.15) is 0 Å². The van der Waals surface area contributed by atoms with Gasteiger partial charge in [-0.15, -0.1) is 0 Å². The third-order valence-electron chi connectivity index (χ3n) is 3.31. The molecular formula is C18H13NO2. The lowest BCUT2D eigenvalue weighted by Crippen LogP contribution is -2.03. The van der Waals surface area contributed by atoms with Gasteiger partial charge in [-0.25, -0.2) is 9.78 Å². The van der Waals surface area contributed by atoms with Crippen molar-refractivity contribution in [1.29, 1.82) is 0 Å². The van der Waals surface area contributed by atoms with Crippen LogP contribution >= 0.6 is 0 Å². The summed E-state index contributed by atoms with van der Waals surface area (Å²) in [5.41, 5.74) is 3.61. The Bertz CT molecular complexity index is 782. The average molecular weight is 275 g/mol. The van der Waals surface area contributed by atoms with Crippen molar-refractivity contribution in [2.24, 2.45) is 0 Å². The third kappa shape index (κ3) is 2.54. The first-order valence-corrected chi connectivity index (χ1v) is 6.60. The monoisotopic (exact) mass is 275 g/mol. The van der Waals surface area contributed by atoms with Crippen LogP contribution in [0.25, 0.3) is 22.3 Å². The highest BCUT2D eigenvalue weighted by molar-refractivity contribution is 5.97. The Kier molecular flexibility index (Phi) is 3.48. The second kappa shape index (κ2) is 5.59. The fourth-order valence-electron chi connectivity index (χ4n) is 2.38. The molecule has 0 bridgehead atoms. The molecule has 3 heteroatoms. The number of hydrogen-bond acceptors (Lipinski definition) is 2. The maximum atomic E-state index is 11.4. The SMILES string of the molecule is O=C(O)c1ncccc1-c1ccccc1-c1ccccc1. The van der Waals surface area contributed by atoms with E-state index in [-0.39, 0.29) is 5.69 Å². The van der Waals surface area contributed by atoms with E-state index in [9.17, 15) is 9.90 Å². The molecule has 3 aromatic rings. The molecule has 1 aromatic heterocycles. The molecule has 0 aliphatic carbocycles. The van der Waals surface area contributed by atoms with Crippen LogP contribution in [-0.2, 0) is 0 Å². The molecule has 1 N–H and O–H groups in total. The van der Waals surface area contributed by atoms with Crippen LogP contribution in [0.4, 0.5) is 0 Å². The molecule has 3 nitrogen and oxygen atoms in total. The fourth-order valence-corrected chi connectivity index (χ4v) is 2.38. The Morgan fingerprint density at radius 2 is 1.38 bits per heavy atom. The van der Waals surface area contributed by atoms with Crippen molar-refractivity contribution in [3.63, 3.8) is 0 Å². The second-order valence-electron chi connectivity index (χ2n) is 4.62. The van der Waals surface area contributed by atoms with Gasteiger partial charge in [0.1, 0.15) is 0 Å². The van der Waals surface area contributed by atoms with Gasteiger partial charge in [-0.3, -0.25) is 0 Å². The molecule has 0 saturated carbocycles. The zero-order chi connectivity index (χ0) is 14.7. The van der Waals surface area contributed by atoms with Crippen LogP contribution in [-0.4, -0.2) is 16.1 Å². The first-order chi connectivity index (χ1) is 10.3. The molecule has 0 atom stereocenters. The fraction of sp³-hybridized carbons (Fsp3) is 0. The molecule has 0 saturated heterocycles. The molecule has 0 amide bonds. The number of hydrogen-bond donors (Lipinski definition) is 1. The molecule has 0 radical (unpaired) electrons. The normalized spacial score (nSPS) is 10.3. The molecule has 21 heavy (non-hydrogen) atoms. The van der Waals surface area contributed by atoms with Gasteiger partial charge in [0.2, 0.25) is 0 Å². The van der Waals surface area contributed by atoms with Crippen LogP contribution in [0.5, 0.6) is 0 Å². The summed E-state index contributed by atoms with van der Waals surface area (Å²) in [4.78, 5) is 15.4. The number of carbonyl (C=O) groups is 1. The van der Waals surface area contributed by atoms with E-state index in [1.165, 1.54) is 6.20 Å². The lowest BCUT2D eigenvalue weighted by atomic mass is 9.94. The summed E-state index contributed by atoms with van der Waals surface area (Å²) in [6, 6.07) is 21.2. The first kappa shape index (κ1) is 13.1. The van der Waals surface area contributed by atoms with E-state index < -0.39 is 5.97 Å². The van der Waals surface area contributed by atoms with Gasteiger partial charge in [0, 0.05) is 11.8 Å². The maximum absolute atomic E-state index is 11.4. The zero-order valence-electron chi connectivity index (χ0n) is 11.2. The van der Waals surface area contributed by atoms with Gasteiger partial charge in [-0.1, -0.05) is 60.7 Å². The quantitative estimate of drug-likeness (QED) is 0.782. The molecule has 0 unspecified atom stereocenters. The Balaban J connectivity index is 2.24.